The minimum absolute atomic E-state index is 0.277. The molecule has 0 saturated heterocycles. The van der Waals surface area contributed by atoms with Crippen molar-refractivity contribution in [1.82, 2.24) is 10.6 Å². The summed E-state index contributed by atoms with van der Waals surface area (Å²) in [6.07, 6.45) is 3.96. The number of hydrogen-bond acceptors (Lipinski definition) is 2. The van der Waals surface area contributed by atoms with Crippen LogP contribution in [0.3, 0.4) is 0 Å². The smallest absolute Gasteiger partial charge is 0.315 e. The third kappa shape index (κ3) is 3.98. The van der Waals surface area contributed by atoms with E-state index in [1.807, 2.05) is 12.1 Å². The number of nitrogens with one attached hydrogen (secondary N) is 2. The summed E-state index contributed by atoms with van der Waals surface area (Å²) in [5.74, 6) is -0.159. The van der Waals surface area contributed by atoms with Crippen LogP contribution in [0.2, 0.25) is 0 Å². The van der Waals surface area contributed by atoms with Crippen LogP contribution in [0, 0.1) is 5.92 Å². The van der Waals surface area contributed by atoms with E-state index in [1.54, 1.807) is 0 Å². The Kier molecular flexibility index (Phi) is 5.45. The highest BCUT2D eigenvalue weighted by Crippen LogP contribution is 2.29. The molecule has 1 atom stereocenters. The van der Waals surface area contributed by atoms with Crippen LogP contribution in [0.1, 0.15) is 38.2 Å². The second-order valence-corrected chi connectivity index (χ2v) is 7.44. The zero-order valence-corrected chi connectivity index (χ0v) is 15.3. The van der Waals surface area contributed by atoms with Gasteiger partial charge in [0.1, 0.15) is 5.54 Å². The fourth-order valence-electron chi connectivity index (χ4n) is 3.86. The van der Waals surface area contributed by atoms with Crippen molar-refractivity contribution in [2.75, 3.05) is 6.54 Å². The van der Waals surface area contributed by atoms with E-state index >= 15 is 0 Å². The van der Waals surface area contributed by atoms with Gasteiger partial charge in [0.2, 0.25) is 5.91 Å². The van der Waals surface area contributed by atoms with Crippen molar-refractivity contribution < 1.29 is 9.59 Å². The number of carbonyl (C=O) groups excluding carboxylic acids is 2. The molecule has 1 aliphatic carbocycles. The van der Waals surface area contributed by atoms with E-state index in [0.717, 1.165) is 19.3 Å². The molecule has 2 aromatic carbocycles. The largest absolute Gasteiger partial charge is 0.368 e. The molecule has 0 radical (unpaired) electrons. The SMILES string of the molecule is C[C@@H](CNC(=O)NC1(C(N)=O)CCCC1)Cc1cccc2ccccc12. The summed E-state index contributed by atoms with van der Waals surface area (Å²) in [5.41, 5.74) is 5.92. The van der Waals surface area contributed by atoms with Crippen molar-refractivity contribution in [3.8, 4) is 0 Å². The number of primary amides is 1. The third-order valence-corrected chi connectivity index (χ3v) is 5.34. The maximum absolute atomic E-state index is 12.2. The van der Waals surface area contributed by atoms with Gasteiger partial charge in [0.05, 0.1) is 0 Å². The summed E-state index contributed by atoms with van der Waals surface area (Å²) < 4.78 is 0. The van der Waals surface area contributed by atoms with Crippen LogP contribution >= 0.6 is 0 Å². The number of rotatable bonds is 6. The van der Waals surface area contributed by atoms with Crippen LogP contribution in [-0.4, -0.2) is 24.0 Å². The fraction of sp³-hybridized carbons (Fsp3) is 0.429. The lowest BCUT2D eigenvalue weighted by atomic mass is 9.96. The molecule has 1 saturated carbocycles. The summed E-state index contributed by atoms with van der Waals surface area (Å²) in [5, 5.41) is 8.20. The van der Waals surface area contributed by atoms with Crippen LogP contribution < -0.4 is 16.4 Å². The summed E-state index contributed by atoms with van der Waals surface area (Å²) in [4.78, 5) is 24.0. The lowest BCUT2D eigenvalue weighted by molar-refractivity contribution is -0.123. The van der Waals surface area contributed by atoms with Gasteiger partial charge >= 0.3 is 6.03 Å². The molecule has 4 N–H and O–H groups in total. The summed E-state index contributed by atoms with van der Waals surface area (Å²) in [6.45, 7) is 2.66. The molecule has 5 heteroatoms. The third-order valence-electron chi connectivity index (χ3n) is 5.34. The Morgan fingerprint density at radius 3 is 2.54 bits per heavy atom. The Labute approximate surface area is 154 Å². The predicted molar refractivity (Wildman–Crippen MR) is 104 cm³/mol. The van der Waals surface area contributed by atoms with Crippen LogP contribution in [0.5, 0.6) is 0 Å². The molecule has 2 aromatic rings. The van der Waals surface area contributed by atoms with E-state index in [4.69, 9.17) is 5.73 Å². The zero-order chi connectivity index (χ0) is 18.6. The number of urea groups is 1. The number of fused-ring (bicyclic) bond motifs is 1. The molecule has 1 fully saturated rings. The molecule has 3 rings (SSSR count). The van der Waals surface area contributed by atoms with Crippen molar-refractivity contribution in [2.24, 2.45) is 11.7 Å². The van der Waals surface area contributed by atoms with E-state index in [9.17, 15) is 9.59 Å². The highest BCUT2D eigenvalue weighted by Gasteiger charge is 2.40. The van der Waals surface area contributed by atoms with E-state index in [1.165, 1.54) is 16.3 Å². The summed E-state index contributed by atoms with van der Waals surface area (Å²) >= 11 is 0. The Morgan fingerprint density at radius 2 is 1.81 bits per heavy atom. The van der Waals surface area contributed by atoms with Gasteiger partial charge < -0.3 is 16.4 Å². The number of hydrogen-bond donors (Lipinski definition) is 3. The van der Waals surface area contributed by atoms with Gasteiger partial charge in [-0.15, -0.1) is 0 Å². The van der Waals surface area contributed by atoms with Gasteiger partial charge in [-0.25, -0.2) is 4.79 Å². The van der Waals surface area contributed by atoms with Crippen molar-refractivity contribution in [3.05, 3.63) is 48.0 Å². The average molecular weight is 353 g/mol. The number of nitrogens with two attached hydrogens (primary N) is 1. The van der Waals surface area contributed by atoms with Crippen molar-refractivity contribution in [1.29, 1.82) is 0 Å². The zero-order valence-electron chi connectivity index (χ0n) is 15.3. The van der Waals surface area contributed by atoms with Gasteiger partial charge in [0.15, 0.2) is 0 Å². The van der Waals surface area contributed by atoms with Crippen molar-refractivity contribution >= 4 is 22.7 Å². The molecule has 26 heavy (non-hydrogen) atoms. The second kappa shape index (κ2) is 7.77. The maximum atomic E-state index is 12.2. The molecule has 0 aliphatic heterocycles. The Morgan fingerprint density at radius 1 is 1.12 bits per heavy atom. The molecular weight excluding hydrogens is 326 g/mol. The molecule has 3 amide bonds. The average Bonchev–Trinajstić information content (AvgIpc) is 3.10. The van der Waals surface area contributed by atoms with Gasteiger partial charge in [0, 0.05) is 6.54 Å². The number of amides is 3. The van der Waals surface area contributed by atoms with E-state index in [-0.39, 0.29) is 11.9 Å². The normalized spacial score (nSPS) is 17.0. The molecular formula is C21H27N3O2. The van der Waals surface area contributed by atoms with Crippen LogP contribution in [0.15, 0.2) is 42.5 Å². The molecule has 138 valence electrons. The Bertz CT molecular complexity index is 791. The first-order valence-electron chi connectivity index (χ1n) is 9.33. The summed E-state index contributed by atoms with van der Waals surface area (Å²) in [6, 6.07) is 14.3. The van der Waals surface area contributed by atoms with Crippen LogP contribution in [0.4, 0.5) is 4.79 Å². The summed E-state index contributed by atoms with van der Waals surface area (Å²) in [7, 11) is 0. The predicted octanol–water partition coefficient (Wildman–Crippen LogP) is 3.12. The molecule has 0 heterocycles. The molecule has 0 spiro atoms. The van der Waals surface area contributed by atoms with Crippen LogP contribution in [-0.2, 0) is 11.2 Å². The second-order valence-electron chi connectivity index (χ2n) is 7.44. The lowest BCUT2D eigenvalue weighted by Crippen LogP contribution is -2.58. The Balaban J connectivity index is 1.56. The number of carbonyl (C=O) groups is 2. The molecule has 0 bridgehead atoms. The molecule has 0 unspecified atom stereocenters. The highest BCUT2D eigenvalue weighted by atomic mass is 16.2. The standard InChI is InChI=1S/C21H27N3O2/c1-15(13-17-9-6-8-16-7-2-3-10-18(16)17)14-23-20(26)24-21(19(22)25)11-4-5-12-21/h2-3,6-10,15H,4-5,11-14H2,1H3,(H2,22,25)(H2,23,24,26)/t15-/m1/s1. The number of benzene rings is 2. The topological polar surface area (TPSA) is 84.2 Å². The molecule has 1 aliphatic rings. The lowest BCUT2D eigenvalue weighted by Gasteiger charge is -2.27. The first-order valence-corrected chi connectivity index (χ1v) is 9.33. The monoisotopic (exact) mass is 353 g/mol. The quantitative estimate of drug-likeness (QED) is 0.745. The van der Waals surface area contributed by atoms with E-state index < -0.39 is 11.4 Å². The van der Waals surface area contributed by atoms with Gasteiger partial charge in [0.25, 0.3) is 0 Å². The van der Waals surface area contributed by atoms with E-state index in [0.29, 0.717) is 19.4 Å². The van der Waals surface area contributed by atoms with Gasteiger partial charge in [-0.1, -0.05) is 62.2 Å². The first kappa shape index (κ1) is 18.2. The van der Waals surface area contributed by atoms with Crippen molar-refractivity contribution in [2.45, 2.75) is 44.6 Å². The van der Waals surface area contributed by atoms with Crippen LogP contribution in [0.25, 0.3) is 10.8 Å². The highest BCUT2D eigenvalue weighted by molar-refractivity contribution is 5.90. The fourth-order valence-corrected chi connectivity index (χ4v) is 3.86. The molecule has 0 aromatic heterocycles. The first-order chi connectivity index (χ1) is 12.5. The van der Waals surface area contributed by atoms with E-state index in [2.05, 4.69) is 47.9 Å². The minimum Gasteiger partial charge on any atom is -0.368 e. The van der Waals surface area contributed by atoms with Crippen molar-refractivity contribution in [3.63, 3.8) is 0 Å². The van der Waals surface area contributed by atoms with Gasteiger partial charge in [-0.05, 0) is 41.5 Å². The van der Waals surface area contributed by atoms with Gasteiger partial charge in [-0.3, -0.25) is 4.79 Å². The maximum Gasteiger partial charge on any atom is 0.315 e. The Hall–Kier alpha value is -2.56. The molecule has 5 nitrogen and oxygen atoms in total. The van der Waals surface area contributed by atoms with Gasteiger partial charge in [-0.2, -0.15) is 0 Å². The minimum atomic E-state index is -0.872.